The molecule has 3 aromatic rings. The molecule has 0 saturated carbocycles. The molecule has 3 saturated heterocycles. The van der Waals surface area contributed by atoms with Crippen molar-refractivity contribution in [3.63, 3.8) is 0 Å². The highest BCUT2D eigenvalue weighted by Crippen LogP contribution is 2.30. The van der Waals surface area contributed by atoms with Crippen LogP contribution in [-0.2, 0) is 0 Å². The Morgan fingerprint density at radius 1 is 0.964 bits per heavy atom. The number of pyridine rings is 1. The minimum atomic E-state index is -0.0594. The summed E-state index contributed by atoms with van der Waals surface area (Å²) in [5, 5.41) is 10.7. The summed E-state index contributed by atoms with van der Waals surface area (Å²) in [5.41, 5.74) is 2.48. The molecule has 142 valence electrons. The van der Waals surface area contributed by atoms with Gasteiger partial charge in [0.15, 0.2) is 0 Å². The van der Waals surface area contributed by atoms with Crippen molar-refractivity contribution in [2.75, 3.05) is 19.6 Å². The number of nitrogens with one attached hydrogen (secondary N) is 1. The minimum absolute atomic E-state index is 0.00765. The number of hydrogen-bond acceptors (Lipinski definition) is 5. The Hall–Kier alpha value is -3.29. The fourth-order valence-corrected chi connectivity index (χ4v) is 4.29. The quantitative estimate of drug-likeness (QED) is 0.735. The number of hydrogen-bond donors (Lipinski definition) is 1. The zero-order valence-electron chi connectivity index (χ0n) is 15.3. The van der Waals surface area contributed by atoms with Gasteiger partial charge in [-0.15, -0.1) is 0 Å². The van der Waals surface area contributed by atoms with Gasteiger partial charge in [0.2, 0.25) is 0 Å². The molecule has 2 bridgehead atoms. The molecular weight excluding hydrogens is 356 g/mol. The summed E-state index contributed by atoms with van der Waals surface area (Å²) in [4.78, 5) is 34.1. The first kappa shape index (κ1) is 16.9. The molecule has 2 unspecified atom stereocenters. The van der Waals surface area contributed by atoms with Crippen molar-refractivity contribution >= 4 is 22.8 Å². The monoisotopic (exact) mass is 376 g/mol. The Morgan fingerprint density at radius 2 is 1.86 bits per heavy atom. The Kier molecular flexibility index (Phi) is 4.03. The summed E-state index contributed by atoms with van der Waals surface area (Å²) < 4.78 is 0. The van der Waals surface area contributed by atoms with Crippen LogP contribution in [0.3, 0.4) is 0 Å². The van der Waals surface area contributed by atoms with Gasteiger partial charge in [-0.3, -0.25) is 14.6 Å². The van der Waals surface area contributed by atoms with Crippen LogP contribution >= 0.6 is 0 Å². The number of aromatic nitrogens is 4. The smallest absolute Gasteiger partial charge is 0.272 e. The van der Waals surface area contributed by atoms with Gasteiger partial charge in [-0.1, -0.05) is 6.07 Å². The zero-order chi connectivity index (χ0) is 19.1. The highest BCUT2D eigenvalue weighted by atomic mass is 16.2. The van der Waals surface area contributed by atoms with E-state index in [1.165, 1.54) is 0 Å². The van der Waals surface area contributed by atoms with Crippen molar-refractivity contribution in [2.45, 2.75) is 18.9 Å². The van der Waals surface area contributed by atoms with Crippen molar-refractivity contribution in [2.24, 2.45) is 5.92 Å². The number of nitrogens with zero attached hydrogens (tertiary/aromatic N) is 5. The van der Waals surface area contributed by atoms with Gasteiger partial charge in [0, 0.05) is 37.4 Å². The molecule has 0 radical (unpaired) electrons. The lowest BCUT2D eigenvalue weighted by Gasteiger charge is -2.36. The van der Waals surface area contributed by atoms with E-state index < -0.39 is 0 Å². The van der Waals surface area contributed by atoms with E-state index in [1.54, 1.807) is 36.5 Å². The van der Waals surface area contributed by atoms with E-state index in [1.807, 2.05) is 15.9 Å². The summed E-state index contributed by atoms with van der Waals surface area (Å²) in [6.45, 7) is 1.88. The van der Waals surface area contributed by atoms with Gasteiger partial charge in [0.1, 0.15) is 16.7 Å². The molecule has 2 atom stereocenters. The minimum Gasteiger partial charge on any atom is -0.335 e. The third-order valence-electron chi connectivity index (χ3n) is 5.71. The molecule has 3 fully saturated rings. The van der Waals surface area contributed by atoms with Gasteiger partial charge in [0.25, 0.3) is 11.8 Å². The van der Waals surface area contributed by atoms with Crippen LogP contribution in [0.5, 0.6) is 0 Å². The summed E-state index contributed by atoms with van der Waals surface area (Å²) >= 11 is 0. The van der Waals surface area contributed by atoms with Crippen LogP contribution < -0.4 is 0 Å². The van der Waals surface area contributed by atoms with E-state index in [2.05, 4.69) is 20.4 Å². The predicted octanol–water partition coefficient (Wildman–Crippen LogP) is 1.73. The van der Waals surface area contributed by atoms with Crippen molar-refractivity contribution in [3.8, 4) is 0 Å². The van der Waals surface area contributed by atoms with E-state index >= 15 is 0 Å². The zero-order valence-corrected chi connectivity index (χ0v) is 15.3. The average molecular weight is 376 g/mol. The first-order valence-electron chi connectivity index (χ1n) is 9.51. The maximum Gasteiger partial charge on any atom is 0.272 e. The second-order valence-corrected chi connectivity index (χ2v) is 7.51. The molecule has 1 N–H and O–H groups in total. The number of fused-ring (bicyclic) bond motifs is 5. The molecule has 28 heavy (non-hydrogen) atoms. The first-order chi connectivity index (χ1) is 13.7. The van der Waals surface area contributed by atoms with Crippen LogP contribution in [0, 0.1) is 5.92 Å². The number of rotatable bonds is 2. The Balaban J connectivity index is 1.39. The van der Waals surface area contributed by atoms with Crippen LogP contribution in [0.2, 0.25) is 0 Å². The van der Waals surface area contributed by atoms with E-state index in [0.717, 1.165) is 18.4 Å². The fraction of sp³-hybridized carbons (Fsp3) is 0.350. The van der Waals surface area contributed by atoms with E-state index in [9.17, 15) is 9.59 Å². The van der Waals surface area contributed by atoms with Crippen LogP contribution in [-0.4, -0.2) is 67.7 Å². The molecule has 3 aliphatic rings. The molecule has 8 heteroatoms. The van der Waals surface area contributed by atoms with Crippen LogP contribution in [0.4, 0.5) is 0 Å². The fourth-order valence-electron chi connectivity index (χ4n) is 4.29. The van der Waals surface area contributed by atoms with Crippen LogP contribution in [0.1, 0.15) is 33.7 Å². The second kappa shape index (κ2) is 6.70. The SMILES string of the molecule is O=C(c1ccccn1)N1CC2CCC(C1)N(C(=O)c1ccc3n[nH]nc3c1)C2. The highest BCUT2D eigenvalue weighted by Gasteiger charge is 2.39. The van der Waals surface area contributed by atoms with Crippen molar-refractivity contribution < 1.29 is 9.59 Å². The standard InChI is InChI=1S/C20H20N6O2/c27-19(14-5-7-16-18(9-14)23-24-22-16)26-11-13-4-6-15(26)12-25(10-13)20(28)17-3-1-2-8-21-17/h1-3,5,7-9,13,15H,4,6,10-12H2,(H,22,23,24). The summed E-state index contributed by atoms with van der Waals surface area (Å²) in [6.07, 6.45) is 3.58. The number of carbonyl (C=O) groups excluding carboxylic acids is 2. The van der Waals surface area contributed by atoms with E-state index in [0.29, 0.717) is 36.4 Å². The second-order valence-electron chi connectivity index (χ2n) is 7.51. The summed E-state index contributed by atoms with van der Waals surface area (Å²) in [6, 6.07) is 10.8. The lowest BCUT2D eigenvalue weighted by molar-refractivity contribution is 0.0574. The third kappa shape index (κ3) is 2.90. The number of carbonyl (C=O) groups is 2. The maximum absolute atomic E-state index is 13.2. The summed E-state index contributed by atoms with van der Waals surface area (Å²) in [5.74, 6) is 0.216. The largest absolute Gasteiger partial charge is 0.335 e. The normalized spacial score (nSPS) is 21.7. The van der Waals surface area contributed by atoms with E-state index in [-0.39, 0.29) is 23.8 Å². The number of H-pyrrole nitrogens is 1. The van der Waals surface area contributed by atoms with Crippen molar-refractivity contribution in [1.29, 1.82) is 0 Å². The van der Waals surface area contributed by atoms with E-state index in [4.69, 9.17) is 0 Å². The Morgan fingerprint density at radius 3 is 2.71 bits per heavy atom. The lowest BCUT2D eigenvalue weighted by atomic mass is 9.94. The number of benzene rings is 1. The maximum atomic E-state index is 13.2. The molecule has 6 rings (SSSR count). The van der Waals surface area contributed by atoms with Gasteiger partial charge in [-0.2, -0.15) is 15.4 Å². The summed E-state index contributed by atoms with van der Waals surface area (Å²) in [7, 11) is 0. The molecule has 2 aromatic heterocycles. The molecule has 8 nitrogen and oxygen atoms in total. The molecule has 2 amide bonds. The van der Waals surface area contributed by atoms with Gasteiger partial charge < -0.3 is 9.80 Å². The number of aromatic amines is 1. The van der Waals surface area contributed by atoms with Gasteiger partial charge in [0.05, 0.1) is 0 Å². The van der Waals surface area contributed by atoms with Crippen molar-refractivity contribution in [3.05, 3.63) is 53.9 Å². The highest BCUT2D eigenvalue weighted by molar-refractivity contribution is 5.97. The van der Waals surface area contributed by atoms with Crippen LogP contribution in [0.15, 0.2) is 42.6 Å². The molecule has 0 spiro atoms. The molecule has 3 aliphatic heterocycles. The first-order valence-corrected chi connectivity index (χ1v) is 9.51. The molecule has 5 heterocycles. The van der Waals surface area contributed by atoms with Gasteiger partial charge >= 0.3 is 0 Å². The van der Waals surface area contributed by atoms with Crippen LogP contribution in [0.25, 0.3) is 11.0 Å². The topological polar surface area (TPSA) is 95.1 Å². The molecular formula is C20H20N6O2. The predicted molar refractivity (Wildman–Crippen MR) is 102 cm³/mol. The van der Waals surface area contributed by atoms with Crippen molar-refractivity contribution in [1.82, 2.24) is 30.2 Å². The lowest BCUT2D eigenvalue weighted by Crippen LogP contribution is -2.47. The number of amides is 2. The van der Waals surface area contributed by atoms with Gasteiger partial charge in [-0.05, 0) is 49.1 Å². The Labute approximate surface area is 161 Å². The third-order valence-corrected chi connectivity index (χ3v) is 5.71. The van der Waals surface area contributed by atoms with Gasteiger partial charge in [-0.25, -0.2) is 0 Å². The average Bonchev–Trinajstić information content (AvgIpc) is 3.02. The Bertz CT molecular complexity index is 1030. The molecule has 0 aliphatic carbocycles. The molecule has 1 aromatic carbocycles. The number of piperidine rings is 1.